The maximum absolute atomic E-state index is 12.7. The normalized spacial score (nSPS) is 10.6. The van der Waals surface area contributed by atoms with Crippen LogP contribution >= 0.6 is 0 Å². The first-order valence-corrected chi connectivity index (χ1v) is 9.24. The van der Waals surface area contributed by atoms with Gasteiger partial charge in [0.25, 0.3) is 0 Å². The summed E-state index contributed by atoms with van der Waals surface area (Å²) in [5, 5.41) is 9.25. The highest BCUT2D eigenvalue weighted by atomic mass is 16.3. The molecule has 0 unspecified atom stereocenters. The molecule has 0 aliphatic heterocycles. The third-order valence-electron chi connectivity index (χ3n) is 4.75. The van der Waals surface area contributed by atoms with E-state index in [2.05, 4.69) is 36.4 Å². The molecule has 3 nitrogen and oxygen atoms in total. The number of anilines is 1. The lowest BCUT2D eigenvalue weighted by atomic mass is 10.0. The molecule has 0 spiro atoms. The fraction of sp³-hybridized carbons (Fsp3) is 0.208. The van der Waals surface area contributed by atoms with Gasteiger partial charge >= 0.3 is 0 Å². The molecule has 1 N–H and O–H groups in total. The molecule has 3 aromatic rings. The molecular weight excluding hydrogens is 334 g/mol. The van der Waals surface area contributed by atoms with Crippen molar-refractivity contribution in [1.29, 1.82) is 0 Å². The van der Waals surface area contributed by atoms with Gasteiger partial charge in [0, 0.05) is 12.7 Å². The Morgan fingerprint density at radius 2 is 1.41 bits per heavy atom. The number of rotatable bonds is 7. The first kappa shape index (κ1) is 18.9. The van der Waals surface area contributed by atoms with Gasteiger partial charge in [-0.2, -0.15) is 0 Å². The van der Waals surface area contributed by atoms with Crippen LogP contribution in [0.15, 0.2) is 78.9 Å². The third kappa shape index (κ3) is 5.28. The Hall–Kier alpha value is -2.91. The van der Waals surface area contributed by atoms with Gasteiger partial charge in [-0.05, 0) is 47.2 Å². The molecule has 27 heavy (non-hydrogen) atoms. The SMILES string of the molecule is CN(C(=O)Cc1cccc(CO)c1)c1cccc(CCc2ccccc2)c1. The molecule has 1 amide bonds. The molecule has 0 saturated heterocycles. The van der Waals surface area contributed by atoms with Crippen molar-refractivity contribution in [2.75, 3.05) is 11.9 Å². The summed E-state index contributed by atoms with van der Waals surface area (Å²) in [5.74, 6) is 0.0327. The molecule has 3 heteroatoms. The van der Waals surface area contributed by atoms with E-state index in [9.17, 15) is 9.90 Å². The molecule has 0 heterocycles. The maximum atomic E-state index is 12.7. The van der Waals surface area contributed by atoms with Crippen molar-refractivity contribution in [2.24, 2.45) is 0 Å². The Labute approximate surface area is 160 Å². The monoisotopic (exact) mass is 359 g/mol. The zero-order valence-corrected chi connectivity index (χ0v) is 15.6. The van der Waals surface area contributed by atoms with Crippen LogP contribution in [-0.4, -0.2) is 18.1 Å². The van der Waals surface area contributed by atoms with Gasteiger partial charge in [-0.25, -0.2) is 0 Å². The van der Waals surface area contributed by atoms with Crippen molar-refractivity contribution in [3.63, 3.8) is 0 Å². The first-order valence-electron chi connectivity index (χ1n) is 9.24. The molecule has 0 saturated carbocycles. The number of aryl methyl sites for hydroxylation is 2. The molecule has 0 aromatic heterocycles. The summed E-state index contributed by atoms with van der Waals surface area (Å²) in [6.07, 6.45) is 2.24. The standard InChI is InChI=1S/C24H25NO2/c1-25(24(27)17-21-10-5-11-22(15-21)18-26)23-12-6-9-20(16-23)14-13-19-7-3-2-4-8-19/h2-12,15-16,26H,13-14,17-18H2,1H3. The topological polar surface area (TPSA) is 40.5 Å². The molecule has 3 rings (SSSR count). The van der Waals surface area contributed by atoms with Gasteiger partial charge in [-0.1, -0.05) is 66.7 Å². The van der Waals surface area contributed by atoms with E-state index >= 15 is 0 Å². The largest absolute Gasteiger partial charge is 0.392 e. The van der Waals surface area contributed by atoms with Crippen molar-refractivity contribution < 1.29 is 9.90 Å². The highest BCUT2D eigenvalue weighted by molar-refractivity contribution is 5.94. The summed E-state index contributed by atoms with van der Waals surface area (Å²) in [7, 11) is 1.81. The van der Waals surface area contributed by atoms with Crippen molar-refractivity contribution in [2.45, 2.75) is 25.9 Å². The van der Waals surface area contributed by atoms with E-state index < -0.39 is 0 Å². The van der Waals surface area contributed by atoms with Crippen LogP contribution in [0.3, 0.4) is 0 Å². The van der Waals surface area contributed by atoms with Crippen LogP contribution in [-0.2, 0) is 30.7 Å². The van der Waals surface area contributed by atoms with Crippen LogP contribution in [0.25, 0.3) is 0 Å². The number of hydrogen-bond donors (Lipinski definition) is 1. The Morgan fingerprint density at radius 1 is 0.778 bits per heavy atom. The van der Waals surface area contributed by atoms with E-state index in [1.807, 2.05) is 49.5 Å². The van der Waals surface area contributed by atoms with Crippen LogP contribution in [0.1, 0.15) is 22.3 Å². The summed E-state index contributed by atoms with van der Waals surface area (Å²) in [5.41, 5.74) is 5.18. The molecule has 0 bridgehead atoms. The minimum Gasteiger partial charge on any atom is -0.392 e. The predicted octanol–water partition coefficient (Wildman–Crippen LogP) is 4.17. The van der Waals surface area contributed by atoms with E-state index in [1.165, 1.54) is 11.1 Å². The second-order valence-electron chi connectivity index (χ2n) is 6.76. The van der Waals surface area contributed by atoms with Crippen LogP contribution in [0.2, 0.25) is 0 Å². The van der Waals surface area contributed by atoms with E-state index in [4.69, 9.17) is 0 Å². The third-order valence-corrected chi connectivity index (χ3v) is 4.75. The van der Waals surface area contributed by atoms with Gasteiger partial charge in [-0.15, -0.1) is 0 Å². The molecule has 0 aliphatic carbocycles. The highest BCUT2D eigenvalue weighted by Gasteiger charge is 2.12. The van der Waals surface area contributed by atoms with Crippen LogP contribution in [0.5, 0.6) is 0 Å². The second kappa shape index (κ2) is 9.15. The average molecular weight is 359 g/mol. The Morgan fingerprint density at radius 3 is 2.19 bits per heavy atom. The van der Waals surface area contributed by atoms with Crippen LogP contribution in [0.4, 0.5) is 5.69 Å². The van der Waals surface area contributed by atoms with Crippen LogP contribution < -0.4 is 4.90 Å². The molecule has 3 aromatic carbocycles. The Kier molecular flexibility index (Phi) is 6.39. The van der Waals surface area contributed by atoms with Crippen molar-refractivity contribution in [3.05, 3.63) is 101 Å². The van der Waals surface area contributed by atoms with Gasteiger partial charge < -0.3 is 10.0 Å². The number of carbonyl (C=O) groups excluding carboxylic acids is 1. The highest BCUT2D eigenvalue weighted by Crippen LogP contribution is 2.18. The number of nitrogens with zero attached hydrogens (tertiary/aromatic N) is 1. The zero-order valence-electron chi connectivity index (χ0n) is 15.6. The lowest BCUT2D eigenvalue weighted by Gasteiger charge is -2.18. The van der Waals surface area contributed by atoms with Crippen molar-refractivity contribution >= 4 is 11.6 Å². The van der Waals surface area contributed by atoms with Crippen molar-refractivity contribution in [1.82, 2.24) is 0 Å². The second-order valence-corrected chi connectivity index (χ2v) is 6.76. The number of hydrogen-bond acceptors (Lipinski definition) is 2. The summed E-state index contributed by atoms with van der Waals surface area (Å²) in [6, 6.07) is 26.1. The molecule has 0 radical (unpaired) electrons. The zero-order chi connectivity index (χ0) is 19.1. The smallest absolute Gasteiger partial charge is 0.231 e. The molecule has 0 aliphatic rings. The molecule has 0 atom stereocenters. The number of aliphatic hydroxyl groups is 1. The average Bonchev–Trinajstić information content (AvgIpc) is 2.72. The van der Waals surface area contributed by atoms with Gasteiger partial charge in [0.05, 0.1) is 13.0 Å². The van der Waals surface area contributed by atoms with E-state index in [1.54, 1.807) is 4.90 Å². The minimum absolute atomic E-state index is 0.0126. The maximum Gasteiger partial charge on any atom is 0.231 e. The van der Waals surface area contributed by atoms with Crippen LogP contribution in [0, 0.1) is 0 Å². The minimum atomic E-state index is -0.0126. The van der Waals surface area contributed by atoms with E-state index in [-0.39, 0.29) is 12.5 Å². The Balaban J connectivity index is 1.65. The quantitative estimate of drug-likeness (QED) is 0.688. The summed E-state index contributed by atoms with van der Waals surface area (Å²) in [6.45, 7) is -0.0126. The number of carbonyl (C=O) groups is 1. The summed E-state index contributed by atoms with van der Waals surface area (Å²) in [4.78, 5) is 14.4. The van der Waals surface area contributed by atoms with Gasteiger partial charge in [-0.3, -0.25) is 4.79 Å². The lowest BCUT2D eigenvalue weighted by Crippen LogP contribution is -2.27. The van der Waals surface area contributed by atoms with Crippen molar-refractivity contribution in [3.8, 4) is 0 Å². The number of aliphatic hydroxyl groups excluding tert-OH is 1. The molecular formula is C24H25NO2. The number of benzene rings is 3. The molecule has 0 fully saturated rings. The van der Waals surface area contributed by atoms with Gasteiger partial charge in [0.1, 0.15) is 0 Å². The van der Waals surface area contributed by atoms with E-state index in [0.717, 1.165) is 29.7 Å². The predicted molar refractivity (Wildman–Crippen MR) is 110 cm³/mol. The van der Waals surface area contributed by atoms with E-state index in [0.29, 0.717) is 6.42 Å². The fourth-order valence-electron chi connectivity index (χ4n) is 3.13. The first-order chi connectivity index (χ1) is 13.2. The fourth-order valence-corrected chi connectivity index (χ4v) is 3.13. The Bertz CT molecular complexity index is 890. The lowest BCUT2D eigenvalue weighted by molar-refractivity contribution is -0.117. The summed E-state index contributed by atoms with van der Waals surface area (Å²) < 4.78 is 0. The number of amides is 1. The van der Waals surface area contributed by atoms with Gasteiger partial charge in [0.2, 0.25) is 5.91 Å². The molecule has 138 valence electrons. The van der Waals surface area contributed by atoms with Gasteiger partial charge in [0.15, 0.2) is 0 Å². The number of likely N-dealkylation sites (N-methyl/N-ethyl adjacent to an activating group) is 1. The summed E-state index contributed by atoms with van der Waals surface area (Å²) >= 11 is 0.